The second kappa shape index (κ2) is 6.42. The first-order chi connectivity index (χ1) is 12.9. The fourth-order valence-corrected chi connectivity index (χ4v) is 3.00. The van der Waals surface area contributed by atoms with Crippen molar-refractivity contribution in [1.82, 2.24) is 14.2 Å². The van der Waals surface area contributed by atoms with Crippen LogP contribution in [0.15, 0.2) is 77.7 Å². The third-order valence-corrected chi connectivity index (χ3v) is 4.28. The molecular formula is C20H14F3N3O. The summed E-state index contributed by atoms with van der Waals surface area (Å²) in [6, 6.07) is 18.0. The molecule has 0 aliphatic heterocycles. The number of alkyl halides is 3. The maximum Gasteiger partial charge on any atom is 0.416 e. The summed E-state index contributed by atoms with van der Waals surface area (Å²) in [4.78, 5) is 12.6. The fourth-order valence-electron chi connectivity index (χ4n) is 3.00. The van der Waals surface area contributed by atoms with Gasteiger partial charge < -0.3 is 0 Å². The highest BCUT2D eigenvalue weighted by Gasteiger charge is 2.30. The van der Waals surface area contributed by atoms with Crippen molar-refractivity contribution >= 4 is 5.65 Å². The number of hydrogen-bond acceptors (Lipinski definition) is 2. The van der Waals surface area contributed by atoms with Crippen LogP contribution in [-0.2, 0) is 12.7 Å². The Hall–Kier alpha value is -3.35. The summed E-state index contributed by atoms with van der Waals surface area (Å²) in [7, 11) is 0. The number of fused-ring (bicyclic) bond motifs is 1. The first kappa shape index (κ1) is 17.1. The molecule has 136 valence electrons. The molecule has 2 aromatic carbocycles. The molecule has 2 aromatic heterocycles. The van der Waals surface area contributed by atoms with Crippen molar-refractivity contribution in [3.63, 3.8) is 0 Å². The number of rotatable bonds is 3. The Bertz CT molecular complexity index is 1160. The molecule has 0 bridgehead atoms. The van der Waals surface area contributed by atoms with Crippen LogP contribution in [0.4, 0.5) is 13.2 Å². The van der Waals surface area contributed by atoms with Gasteiger partial charge in [-0.3, -0.25) is 0 Å². The first-order valence-electron chi connectivity index (χ1n) is 8.23. The topological polar surface area (TPSA) is 39.3 Å². The van der Waals surface area contributed by atoms with Crippen LogP contribution in [0.1, 0.15) is 11.1 Å². The van der Waals surface area contributed by atoms with E-state index in [-0.39, 0.29) is 6.54 Å². The molecule has 0 fully saturated rings. The van der Waals surface area contributed by atoms with Crippen molar-refractivity contribution in [3.05, 3.63) is 94.5 Å². The van der Waals surface area contributed by atoms with Gasteiger partial charge in [0.25, 0.3) is 0 Å². The molecule has 4 rings (SSSR count). The van der Waals surface area contributed by atoms with E-state index in [4.69, 9.17) is 0 Å². The fraction of sp³-hybridized carbons (Fsp3) is 0.100. The first-order valence-corrected chi connectivity index (χ1v) is 8.23. The summed E-state index contributed by atoms with van der Waals surface area (Å²) in [5, 5.41) is 4.36. The summed E-state index contributed by atoms with van der Waals surface area (Å²) in [6.45, 7) is -0.0430. The van der Waals surface area contributed by atoms with Gasteiger partial charge in [0.2, 0.25) is 0 Å². The molecule has 2 heterocycles. The highest BCUT2D eigenvalue weighted by molar-refractivity contribution is 5.76. The van der Waals surface area contributed by atoms with Crippen molar-refractivity contribution < 1.29 is 13.2 Å². The lowest BCUT2D eigenvalue weighted by molar-refractivity contribution is -0.137. The lowest BCUT2D eigenvalue weighted by Gasteiger charge is -2.08. The van der Waals surface area contributed by atoms with Gasteiger partial charge in [-0.25, -0.2) is 13.9 Å². The molecule has 0 aliphatic carbocycles. The molecule has 0 atom stereocenters. The van der Waals surface area contributed by atoms with Gasteiger partial charge in [-0.05, 0) is 35.4 Å². The highest BCUT2D eigenvalue weighted by atomic mass is 19.4. The normalized spacial score (nSPS) is 11.8. The van der Waals surface area contributed by atoms with Crippen LogP contribution in [0.2, 0.25) is 0 Å². The van der Waals surface area contributed by atoms with Gasteiger partial charge in [-0.1, -0.05) is 42.5 Å². The quantitative estimate of drug-likeness (QED) is 0.542. The standard InChI is InChI=1S/C20H14F3N3O/c21-20(22,23)16-9-4-6-14(12-16)13-26-19(27)25-11-5-10-17(18(25)24-26)15-7-2-1-3-8-15/h1-12H,13H2. The van der Waals surface area contributed by atoms with Crippen molar-refractivity contribution in [2.45, 2.75) is 12.7 Å². The lowest BCUT2D eigenvalue weighted by atomic mass is 10.1. The van der Waals surface area contributed by atoms with Crippen LogP contribution in [-0.4, -0.2) is 14.2 Å². The molecule has 0 aliphatic rings. The Balaban J connectivity index is 1.78. The second-order valence-electron chi connectivity index (χ2n) is 6.12. The molecule has 0 saturated carbocycles. The third kappa shape index (κ3) is 3.23. The zero-order valence-electron chi connectivity index (χ0n) is 14.0. The Morgan fingerprint density at radius 3 is 2.44 bits per heavy atom. The lowest BCUT2D eigenvalue weighted by Crippen LogP contribution is -2.21. The average molecular weight is 369 g/mol. The summed E-state index contributed by atoms with van der Waals surface area (Å²) in [5.41, 5.74) is 1.34. The molecule has 0 N–H and O–H groups in total. The predicted octanol–water partition coefficient (Wildman–Crippen LogP) is 4.23. The Morgan fingerprint density at radius 2 is 1.70 bits per heavy atom. The van der Waals surface area contributed by atoms with Gasteiger partial charge in [0.15, 0.2) is 5.65 Å². The smallest absolute Gasteiger partial charge is 0.250 e. The summed E-state index contributed by atoms with van der Waals surface area (Å²) in [6.07, 6.45) is -2.83. The van der Waals surface area contributed by atoms with Gasteiger partial charge in [0, 0.05) is 11.8 Å². The van der Waals surface area contributed by atoms with Crippen LogP contribution in [0.5, 0.6) is 0 Å². The summed E-state index contributed by atoms with van der Waals surface area (Å²) >= 11 is 0. The summed E-state index contributed by atoms with van der Waals surface area (Å²) in [5.74, 6) is 0. The molecule has 4 aromatic rings. The van der Waals surface area contributed by atoms with Crippen molar-refractivity contribution in [2.75, 3.05) is 0 Å². The van der Waals surface area contributed by atoms with E-state index in [0.717, 1.165) is 23.3 Å². The summed E-state index contributed by atoms with van der Waals surface area (Å²) < 4.78 is 41.3. The van der Waals surface area contributed by atoms with Gasteiger partial charge in [0.1, 0.15) is 0 Å². The van der Waals surface area contributed by atoms with E-state index in [0.29, 0.717) is 11.2 Å². The molecule has 4 nitrogen and oxygen atoms in total. The minimum atomic E-state index is -4.43. The maximum atomic E-state index is 12.9. The minimum Gasteiger partial charge on any atom is -0.250 e. The predicted molar refractivity (Wildman–Crippen MR) is 95.4 cm³/mol. The molecule has 0 saturated heterocycles. The molecule has 0 spiro atoms. The van der Waals surface area contributed by atoms with Crippen molar-refractivity contribution in [2.24, 2.45) is 0 Å². The SMILES string of the molecule is O=c1n(Cc2cccc(C(F)(F)F)c2)nc2c(-c3ccccc3)cccn12. The monoisotopic (exact) mass is 369 g/mol. The number of aromatic nitrogens is 3. The van der Waals surface area contributed by atoms with Crippen LogP contribution in [0.25, 0.3) is 16.8 Å². The van der Waals surface area contributed by atoms with Gasteiger partial charge in [-0.2, -0.15) is 13.2 Å². The van der Waals surface area contributed by atoms with E-state index < -0.39 is 17.4 Å². The van der Waals surface area contributed by atoms with Crippen LogP contribution >= 0.6 is 0 Å². The molecule has 0 radical (unpaired) electrons. The van der Waals surface area contributed by atoms with Crippen molar-refractivity contribution in [3.8, 4) is 11.1 Å². The van der Waals surface area contributed by atoms with Crippen LogP contribution in [0.3, 0.4) is 0 Å². The third-order valence-electron chi connectivity index (χ3n) is 4.28. The molecular weight excluding hydrogens is 355 g/mol. The van der Waals surface area contributed by atoms with E-state index in [9.17, 15) is 18.0 Å². The number of pyridine rings is 1. The van der Waals surface area contributed by atoms with Gasteiger partial charge >= 0.3 is 11.9 Å². The van der Waals surface area contributed by atoms with E-state index in [1.807, 2.05) is 36.4 Å². The van der Waals surface area contributed by atoms with E-state index in [2.05, 4.69) is 5.10 Å². The number of benzene rings is 2. The Labute approximate surface area is 152 Å². The molecule has 0 amide bonds. The van der Waals surface area contributed by atoms with Gasteiger partial charge in [0.05, 0.1) is 12.1 Å². The largest absolute Gasteiger partial charge is 0.416 e. The van der Waals surface area contributed by atoms with Crippen LogP contribution < -0.4 is 5.69 Å². The highest BCUT2D eigenvalue weighted by Crippen LogP contribution is 2.29. The van der Waals surface area contributed by atoms with Gasteiger partial charge in [-0.15, -0.1) is 5.10 Å². The molecule has 7 heteroatoms. The van der Waals surface area contributed by atoms with E-state index >= 15 is 0 Å². The average Bonchev–Trinajstić information content (AvgIpc) is 2.98. The maximum absolute atomic E-state index is 12.9. The van der Waals surface area contributed by atoms with E-state index in [1.54, 1.807) is 18.3 Å². The zero-order chi connectivity index (χ0) is 19.0. The van der Waals surface area contributed by atoms with Crippen LogP contribution in [0, 0.1) is 0 Å². The number of hydrogen-bond donors (Lipinski definition) is 0. The zero-order valence-corrected chi connectivity index (χ0v) is 14.0. The second-order valence-corrected chi connectivity index (χ2v) is 6.12. The Morgan fingerprint density at radius 1 is 0.926 bits per heavy atom. The molecule has 27 heavy (non-hydrogen) atoms. The number of halogens is 3. The molecule has 0 unspecified atom stereocenters. The Kier molecular flexibility index (Phi) is 4.07. The van der Waals surface area contributed by atoms with Crippen molar-refractivity contribution in [1.29, 1.82) is 0 Å². The number of nitrogens with zero attached hydrogens (tertiary/aromatic N) is 3. The minimum absolute atomic E-state index is 0.0430. The van der Waals surface area contributed by atoms with E-state index in [1.165, 1.54) is 15.1 Å².